The van der Waals surface area contributed by atoms with Gasteiger partial charge in [0.1, 0.15) is 11.4 Å². The van der Waals surface area contributed by atoms with Crippen LogP contribution in [0.4, 0.5) is 0 Å². The molecule has 0 N–H and O–H groups in total. The molecule has 0 saturated carbocycles. The molecule has 2 amide bonds. The van der Waals surface area contributed by atoms with Crippen LogP contribution < -0.4 is 4.74 Å². The highest BCUT2D eigenvalue weighted by molar-refractivity contribution is 6.35. The zero-order chi connectivity index (χ0) is 22.0. The van der Waals surface area contributed by atoms with E-state index in [4.69, 9.17) is 9.47 Å². The molecule has 6 heteroatoms. The summed E-state index contributed by atoms with van der Waals surface area (Å²) in [6, 6.07) is 7.58. The van der Waals surface area contributed by atoms with Crippen LogP contribution in [0.3, 0.4) is 0 Å². The summed E-state index contributed by atoms with van der Waals surface area (Å²) < 4.78 is 11.5. The van der Waals surface area contributed by atoms with Crippen molar-refractivity contribution in [2.75, 3.05) is 32.8 Å². The molecule has 0 aliphatic carbocycles. The van der Waals surface area contributed by atoms with Gasteiger partial charge in [-0.2, -0.15) is 0 Å². The quantitative estimate of drug-likeness (QED) is 0.622. The van der Waals surface area contributed by atoms with E-state index in [9.17, 15) is 9.59 Å². The lowest BCUT2D eigenvalue weighted by Gasteiger charge is -2.33. The van der Waals surface area contributed by atoms with Crippen LogP contribution in [-0.4, -0.2) is 60.6 Å². The Morgan fingerprint density at radius 3 is 2.52 bits per heavy atom. The minimum absolute atomic E-state index is 0.0550. The number of amides is 2. The fraction of sp³-hybridized carbons (Fsp3) is 0.600. The molecule has 3 heterocycles. The minimum Gasteiger partial charge on any atom is -0.493 e. The monoisotopic (exact) mass is 426 g/mol. The van der Waals surface area contributed by atoms with Crippen molar-refractivity contribution >= 4 is 17.4 Å². The van der Waals surface area contributed by atoms with Crippen LogP contribution in [0, 0.1) is 11.8 Å². The van der Waals surface area contributed by atoms with E-state index in [0.717, 1.165) is 50.1 Å². The second kappa shape index (κ2) is 9.43. The topological polar surface area (TPSA) is 59.1 Å². The third-order valence-electron chi connectivity index (χ3n) is 6.25. The number of ether oxygens (including phenoxy) is 2. The predicted octanol–water partition coefficient (Wildman–Crippen LogP) is 3.71. The molecule has 2 saturated heterocycles. The normalized spacial score (nSPS) is 24.6. The number of carbonyl (C=O) groups excluding carboxylic acids is 2. The van der Waals surface area contributed by atoms with Gasteiger partial charge in [0.2, 0.25) is 0 Å². The molecule has 168 valence electrons. The molecule has 0 bridgehead atoms. The van der Waals surface area contributed by atoms with Crippen LogP contribution in [0.15, 0.2) is 30.0 Å². The van der Waals surface area contributed by atoms with Crippen LogP contribution in [0.2, 0.25) is 0 Å². The number of benzene rings is 1. The van der Waals surface area contributed by atoms with Gasteiger partial charge in [0, 0.05) is 19.7 Å². The van der Waals surface area contributed by atoms with Crippen LogP contribution in [0.5, 0.6) is 5.75 Å². The van der Waals surface area contributed by atoms with E-state index in [2.05, 4.69) is 25.7 Å². The third kappa shape index (κ3) is 4.79. The number of piperidine rings is 1. The van der Waals surface area contributed by atoms with Gasteiger partial charge in [0.25, 0.3) is 11.8 Å². The highest BCUT2D eigenvalue weighted by Crippen LogP contribution is 2.35. The molecule has 2 unspecified atom stereocenters. The van der Waals surface area contributed by atoms with Gasteiger partial charge >= 0.3 is 0 Å². The lowest BCUT2D eigenvalue weighted by Crippen LogP contribution is -2.41. The van der Waals surface area contributed by atoms with Crippen molar-refractivity contribution in [3.8, 4) is 5.75 Å². The fourth-order valence-electron chi connectivity index (χ4n) is 4.65. The van der Waals surface area contributed by atoms with Crippen molar-refractivity contribution in [2.24, 2.45) is 11.8 Å². The molecular weight excluding hydrogens is 392 g/mol. The fourth-order valence-corrected chi connectivity index (χ4v) is 4.65. The van der Waals surface area contributed by atoms with Gasteiger partial charge in [0.15, 0.2) is 0 Å². The first-order valence-corrected chi connectivity index (χ1v) is 11.6. The second-order valence-corrected chi connectivity index (χ2v) is 9.50. The molecule has 2 atom stereocenters. The molecular formula is C25H34N2O4. The number of likely N-dealkylation sites (tertiary alicyclic amines) is 1. The Labute approximate surface area is 185 Å². The largest absolute Gasteiger partial charge is 0.493 e. The molecule has 0 radical (unpaired) electrons. The molecule has 0 spiro atoms. The van der Waals surface area contributed by atoms with E-state index >= 15 is 0 Å². The molecule has 1 aromatic rings. The first kappa shape index (κ1) is 21.9. The summed E-state index contributed by atoms with van der Waals surface area (Å²) in [5, 5.41) is 0. The summed E-state index contributed by atoms with van der Waals surface area (Å²) in [5.41, 5.74) is 1.86. The Morgan fingerprint density at radius 1 is 1.10 bits per heavy atom. The van der Waals surface area contributed by atoms with Crippen molar-refractivity contribution in [1.29, 1.82) is 0 Å². The molecule has 31 heavy (non-hydrogen) atoms. The van der Waals surface area contributed by atoms with E-state index < -0.39 is 0 Å². The zero-order valence-corrected chi connectivity index (χ0v) is 18.9. The summed E-state index contributed by atoms with van der Waals surface area (Å²) in [5.74, 6) is 1.34. The summed E-state index contributed by atoms with van der Waals surface area (Å²) in [7, 11) is 0. The number of imide groups is 1. The summed E-state index contributed by atoms with van der Waals surface area (Å²) in [6.45, 7) is 9.73. The first-order valence-electron chi connectivity index (χ1n) is 11.6. The Morgan fingerprint density at radius 2 is 1.87 bits per heavy atom. The van der Waals surface area contributed by atoms with E-state index in [-0.39, 0.29) is 17.9 Å². The molecule has 3 aliphatic rings. The van der Waals surface area contributed by atoms with Crippen LogP contribution in [-0.2, 0) is 14.3 Å². The Balaban J connectivity index is 1.63. The second-order valence-electron chi connectivity index (χ2n) is 9.50. The van der Waals surface area contributed by atoms with Crippen molar-refractivity contribution in [3.63, 3.8) is 0 Å². The maximum Gasteiger partial charge on any atom is 0.277 e. The van der Waals surface area contributed by atoms with Crippen molar-refractivity contribution < 1.29 is 19.1 Å². The molecule has 0 aromatic heterocycles. The predicted molar refractivity (Wildman–Crippen MR) is 119 cm³/mol. The Hall–Kier alpha value is -2.34. The summed E-state index contributed by atoms with van der Waals surface area (Å²) in [4.78, 5) is 30.5. The van der Waals surface area contributed by atoms with Crippen LogP contribution in [0.25, 0.3) is 5.57 Å². The molecule has 6 nitrogen and oxygen atoms in total. The SMILES string of the molecule is CC(C)COc1ccc(C2=C(N3CCCC(C)C3)C(=O)N(CC3CCCO3)C2=O)cc1. The summed E-state index contributed by atoms with van der Waals surface area (Å²) >= 11 is 0. The average Bonchev–Trinajstić information content (AvgIpc) is 3.35. The number of nitrogens with zero attached hydrogens (tertiary/aromatic N) is 2. The lowest BCUT2D eigenvalue weighted by molar-refractivity contribution is -0.139. The third-order valence-corrected chi connectivity index (χ3v) is 6.25. The molecule has 3 aliphatic heterocycles. The van der Waals surface area contributed by atoms with Gasteiger partial charge in [-0.3, -0.25) is 14.5 Å². The van der Waals surface area contributed by atoms with Crippen molar-refractivity contribution in [3.05, 3.63) is 35.5 Å². The summed E-state index contributed by atoms with van der Waals surface area (Å²) in [6.07, 6.45) is 4.01. The highest BCUT2D eigenvalue weighted by atomic mass is 16.5. The maximum absolute atomic E-state index is 13.5. The Kier molecular flexibility index (Phi) is 6.65. The van der Waals surface area contributed by atoms with E-state index in [1.165, 1.54) is 4.90 Å². The minimum atomic E-state index is -0.204. The highest BCUT2D eigenvalue weighted by Gasteiger charge is 2.43. The van der Waals surface area contributed by atoms with Gasteiger partial charge in [-0.15, -0.1) is 0 Å². The lowest BCUT2D eigenvalue weighted by atomic mass is 9.97. The molecule has 4 rings (SSSR count). The number of rotatable bonds is 7. The standard InChI is InChI=1S/C25H34N2O4/c1-17(2)16-31-20-10-8-19(9-11-20)22-23(26-12-4-6-18(3)14-26)25(29)27(24(22)28)15-21-7-5-13-30-21/h8-11,17-18,21H,4-7,12-16H2,1-3H3. The van der Waals surface area contributed by atoms with Gasteiger partial charge in [-0.25, -0.2) is 0 Å². The van der Waals surface area contributed by atoms with E-state index in [1.54, 1.807) is 0 Å². The smallest absolute Gasteiger partial charge is 0.277 e. The zero-order valence-electron chi connectivity index (χ0n) is 18.9. The first-order chi connectivity index (χ1) is 14.9. The van der Waals surface area contributed by atoms with Gasteiger partial charge in [-0.1, -0.05) is 32.9 Å². The van der Waals surface area contributed by atoms with Crippen molar-refractivity contribution in [2.45, 2.75) is 52.6 Å². The number of hydrogen-bond donors (Lipinski definition) is 0. The van der Waals surface area contributed by atoms with Gasteiger partial charge in [-0.05, 0) is 55.2 Å². The van der Waals surface area contributed by atoms with Gasteiger partial charge < -0.3 is 14.4 Å². The van der Waals surface area contributed by atoms with Crippen LogP contribution in [0.1, 0.15) is 52.0 Å². The van der Waals surface area contributed by atoms with Crippen LogP contribution >= 0.6 is 0 Å². The Bertz CT molecular complexity index is 840. The number of hydrogen-bond acceptors (Lipinski definition) is 5. The van der Waals surface area contributed by atoms with Crippen molar-refractivity contribution in [1.82, 2.24) is 9.80 Å². The molecule has 1 aromatic carbocycles. The number of carbonyl (C=O) groups is 2. The van der Waals surface area contributed by atoms with E-state index in [1.807, 2.05) is 24.3 Å². The van der Waals surface area contributed by atoms with E-state index in [0.29, 0.717) is 42.9 Å². The molecule has 2 fully saturated rings. The maximum atomic E-state index is 13.5. The average molecular weight is 427 g/mol. The van der Waals surface area contributed by atoms with Gasteiger partial charge in [0.05, 0.1) is 24.8 Å².